The van der Waals surface area contributed by atoms with E-state index in [0.29, 0.717) is 0 Å². The van der Waals surface area contributed by atoms with Gasteiger partial charge in [0.2, 0.25) is 0 Å². The van der Waals surface area contributed by atoms with Crippen LogP contribution in [0.4, 0.5) is 0 Å². The molecule has 0 aromatic heterocycles. The van der Waals surface area contributed by atoms with E-state index in [2.05, 4.69) is 6.07 Å². The van der Waals surface area contributed by atoms with E-state index in [-0.39, 0.29) is 1.43 Å². The standard InChI is InChI=1S/C7H7O/c1-8-7-5-3-2-4-6-7/h3-6H,1H3/p+1. The van der Waals surface area contributed by atoms with E-state index in [0.717, 1.165) is 5.75 Å². The van der Waals surface area contributed by atoms with Crippen molar-refractivity contribution in [1.29, 1.82) is 0 Å². The number of benzene rings is 1. The predicted molar refractivity (Wildman–Crippen MR) is 32.9 cm³/mol. The Kier molecular flexibility index (Phi) is 1.52. The molecule has 0 aliphatic heterocycles. The van der Waals surface area contributed by atoms with Gasteiger partial charge in [0.15, 0.2) is 0 Å². The maximum atomic E-state index is 4.89. The highest BCUT2D eigenvalue weighted by Crippen LogP contribution is 2.05. The number of rotatable bonds is 1. The Hall–Kier alpha value is -0.980. The van der Waals surface area contributed by atoms with Gasteiger partial charge in [-0.15, -0.1) is 0 Å². The predicted octanol–water partition coefficient (Wildman–Crippen LogP) is 1.61. The summed E-state index contributed by atoms with van der Waals surface area (Å²) in [5, 5.41) is 0. The largest absolute Gasteiger partial charge is 1.00 e. The van der Waals surface area contributed by atoms with E-state index in [1.807, 2.05) is 24.3 Å². The Labute approximate surface area is 50.4 Å². The molecule has 0 saturated heterocycles. The van der Waals surface area contributed by atoms with Crippen molar-refractivity contribution in [3.63, 3.8) is 0 Å². The molecule has 0 unspecified atom stereocenters. The lowest BCUT2D eigenvalue weighted by Crippen LogP contribution is -1.78. The lowest BCUT2D eigenvalue weighted by Gasteiger charge is -1.93. The molecule has 1 rings (SSSR count). The zero-order valence-electron chi connectivity index (χ0n) is 5.72. The van der Waals surface area contributed by atoms with Crippen LogP contribution in [0.1, 0.15) is 1.43 Å². The van der Waals surface area contributed by atoms with Crippen molar-refractivity contribution in [3.8, 4) is 5.75 Å². The zero-order valence-corrected chi connectivity index (χ0v) is 4.72. The molecule has 0 saturated carbocycles. The van der Waals surface area contributed by atoms with Crippen LogP contribution in [0.25, 0.3) is 0 Å². The molecule has 0 heterocycles. The number of ether oxygens (including phenoxy) is 1. The van der Waals surface area contributed by atoms with Gasteiger partial charge in [0.25, 0.3) is 0 Å². The van der Waals surface area contributed by atoms with Crippen LogP contribution >= 0.6 is 0 Å². The average Bonchev–Trinajstić information content (AvgIpc) is 1.90. The van der Waals surface area contributed by atoms with Gasteiger partial charge in [-0.1, -0.05) is 12.1 Å². The molecule has 1 radical (unpaired) electrons. The summed E-state index contributed by atoms with van der Waals surface area (Å²) in [6.07, 6.45) is 0. The average molecular weight is 108 g/mol. The molecule has 0 spiro atoms. The van der Waals surface area contributed by atoms with E-state index in [4.69, 9.17) is 4.74 Å². The lowest BCUT2D eigenvalue weighted by atomic mass is 10.3. The molecule has 0 aliphatic rings. The first-order chi connectivity index (χ1) is 3.93. The first-order valence-corrected chi connectivity index (χ1v) is 2.43. The fraction of sp³-hybridized carbons (Fsp3) is 0.143. The van der Waals surface area contributed by atoms with Gasteiger partial charge in [-0.25, -0.2) is 0 Å². The minimum absolute atomic E-state index is 0. The fourth-order valence-electron chi connectivity index (χ4n) is 0.508. The molecule has 1 aromatic carbocycles. The van der Waals surface area contributed by atoms with Gasteiger partial charge in [0, 0.05) is 0 Å². The highest BCUT2D eigenvalue weighted by Gasteiger charge is 1.80. The zero-order chi connectivity index (χ0) is 5.82. The Morgan fingerprint density at radius 3 is 2.50 bits per heavy atom. The molecular weight excluding hydrogens is 100 g/mol. The summed E-state index contributed by atoms with van der Waals surface area (Å²) in [4.78, 5) is 0. The van der Waals surface area contributed by atoms with Gasteiger partial charge in [0.05, 0.1) is 7.11 Å². The number of methoxy groups -OCH3 is 1. The quantitative estimate of drug-likeness (QED) is 0.531. The first kappa shape index (κ1) is 5.16. The fourth-order valence-corrected chi connectivity index (χ4v) is 0.508. The smallest absolute Gasteiger partial charge is 0.497 e. The van der Waals surface area contributed by atoms with Crippen molar-refractivity contribution in [1.82, 2.24) is 0 Å². The van der Waals surface area contributed by atoms with Crippen molar-refractivity contribution >= 4 is 0 Å². The third-order valence-electron chi connectivity index (χ3n) is 0.923. The molecule has 0 amide bonds. The summed E-state index contributed by atoms with van der Waals surface area (Å²) in [5.41, 5.74) is 0. The van der Waals surface area contributed by atoms with Crippen molar-refractivity contribution in [2.75, 3.05) is 7.11 Å². The molecule has 1 aromatic rings. The molecule has 0 N–H and O–H groups in total. The maximum absolute atomic E-state index is 4.89. The van der Waals surface area contributed by atoms with E-state index in [9.17, 15) is 0 Å². The number of hydrogen-bond donors (Lipinski definition) is 0. The molecule has 1 heteroatoms. The van der Waals surface area contributed by atoms with Crippen molar-refractivity contribution in [2.24, 2.45) is 0 Å². The normalized spacial score (nSPS) is 8.62. The van der Waals surface area contributed by atoms with Crippen LogP contribution in [0, 0.1) is 6.07 Å². The van der Waals surface area contributed by atoms with Gasteiger partial charge >= 0.3 is 1.43 Å². The third-order valence-corrected chi connectivity index (χ3v) is 0.923. The highest BCUT2D eigenvalue weighted by molar-refractivity contribution is 5.19. The lowest BCUT2D eigenvalue weighted by molar-refractivity contribution is 0.415. The molecule has 0 bridgehead atoms. The molecule has 0 atom stereocenters. The van der Waals surface area contributed by atoms with E-state index < -0.39 is 0 Å². The summed E-state index contributed by atoms with van der Waals surface area (Å²) in [6.45, 7) is 0. The van der Waals surface area contributed by atoms with E-state index >= 15 is 0 Å². The van der Waals surface area contributed by atoms with Crippen LogP contribution in [0.15, 0.2) is 24.3 Å². The van der Waals surface area contributed by atoms with Crippen molar-refractivity contribution in [3.05, 3.63) is 30.3 Å². The Bertz CT molecular complexity index is 150. The Morgan fingerprint density at radius 1 is 1.50 bits per heavy atom. The van der Waals surface area contributed by atoms with Gasteiger partial charge < -0.3 is 4.74 Å². The first-order valence-electron chi connectivity index (χ1n) is 2.43. The summed E-state index contributed by atoms with van der Waals surface area (Å²) < 4.78 is 4.89. The second-order valence-electron chi connectivity index (χ2n) is 1.44. The minimum Gasteiger partial charge on any atom is -0.497 e. The Morgan fingerprint density at radius 2 is 2.12 bits per heavy atom. The second kappa shape index (κ2) is 2.36. The summed E-state index contributed by atoms with van der Waals surface area (Å²) in [6, 6.07) is 10.2. The summed E-state index contributed by atoms with van der Waals surface area (Å²) in [5.74, 6) is 0.878. The van der Waals surface area contributed by atoms with Crippen LogP contribution in [-0.4, -0.2) is 7.11 Å². The molecule has 1 nitrogen and oxygen atoms in total. The second-order valence-corrected chi connectivity index (χ2v) is 1.44. The van der Waals surface area contributed by atoms with Gasteiger partial charge in [-0.3, -0.25) is 0 Å². The molecule has 0 aliphatic carbocycles. The van der Waals surface area contributed by atoms with Gasteiger partial charge in [0.1, 0.15) is 5.75 Å². The molecular formula is C7H8O+. The summed E-state index contributed by atoms with van der Waals surface area (Å²) in [7, 11) is 1.65. The third kappa shape index (κ3) is 0.997. The molecule has 0 fully saturated rings. The van der Waals surface area contributed by atoms with Crippen molar-refractivity contribution < 1.29 is 6.16 Å². The van der Waals surface area contributed by atoms with Gasteiger partial charge in [-0.05, 0) is 18.2 Å². The van der Waals surface area contributed by atoms with Crippen molar-refractivity contribution in [2.45, 2.75) is 0 Å². The van der Waals surface area contributed by atoms with Crippen LogP contribution in [-0.2, 0) is 0 Å². The summed E-state index contributed by atoms with van der Waals surface area (Å²) >= 11 is 0. The van der Waals surface area contributed by atoms with Crippen LogP contribution in [0.2, 0.25) is 0 Å². The van der Waals surface area contributed by atoms with E-state index in [1.165, 1.54) is 0 Å². The van der Waals surface area contributed by atoms with Crippen LogP contribution in [0.3, 0.4) is 0 Å². The van der Waals surface area contributed by atoms with Crippen LogP contribution < -0.4 is 4.74 Å². The maximum Gasteiger partial charge on any atom is 1.00 e. The number of hydrogen-bond acceptors (Lipinski definition) is 1. The monoisotopic (exact) mass is 108 g/mol. The topological polar surface area (TPSA) is 9.23 Å². The van der Waals surface area contributed by atoms with Crippen LogP contribution in [0.5, 0.6) is 5.75 Å². The van der Waals surface area contributed by atoms with Gasteiger partial charge in [-0.2, -0.15) is 0 Å². The van der Waals surface area contributed by atoms with E-state index in [1.54, 1.807) is 7.11 Å². The molecule has 8 heavy (non-hydrogen) atoms. The SMILES string of the molecule is COc1cc[c]cc1.[H+]. The molecule has 41 valence electrons. The highest BCUT2D eigenvalue weighted by atomic mass is 16.5. The Balaban J connectivity index is 0.000000640. The minimum atomic E-state index is 0.